The number of hydrogen-bond acceptors (Lipinski definition) is 1. The van der Waals surface area contributed by atoms with Crippen molar-refractivity contribution in [1.82, 2.24) is 5.32 Å². The van der Waals surface area contributed by atoms with Crippen molar-refractivity contribution in [1.29, 1.82) is 0 Å². The van der Waals surface area contributed by atoms with Crippen molar-refractivity contribution in [3.63, 3.8) is 0 Å². The molecule has 2 atom stereocenters. The van der Waals surface area contributed by atoms with E-state index in [1.165, 1.54) is 32.1 Å². The first-order valence-corrected chi connectivity index (χ1v) is 5.94. The second kappa shape index (κ2) is 3.92. The van der Waals surface area contributed by atoms with E-state index in [4.69, 9.17) is 0 Å². The molecule has 2 heteroatoms. The molecule has 0 aliphatic heterocycles. The van der Waals surface area contributed by atoms with Crippen LogP contribution in [0.5, 0.6) is 0 Å². The zero-order valence-corrected chi connectivity index (χ0v) is 9.25. The van der Waals surface area contributed by atoms with Crippen LogP contribution >= 0.6 is 0 Å². The van der Waals surface area contributed by atoms with Gasteiger partial charge in [-0.15, -0.1) is 0 Å². The van der Waals surface area contributed by atoms with Gasteiger partial charge in [-0.3, -0.25) is 4.79 Å². The number of hydrogen-bond donors (Lipinski definition) is 1. The van der Waals surface area contributed by atoms with Crippen LogP contribution in [0.4, 0.5) is 0 Å². The quantitative estimate of drug-likeness (QED) is 0.720. The Morgan fingerprint density at radius 3 is 2.36 bits per heavy atom. The standard InChI is InChI=1S/C12H21NO/c1-8(13-9(2)14)12-7-10-3-5-11(12)6-4-10/h8,10-12H,3-7H2,1-2H3,(H,13,14). The second-order valence-electron chi connectivity index (χ2n) is 5.17. The summed E-state index contributed by atoms with van der Waals surface area (Å²) in [7, 11) is 0. The lowest BCUT2D eigenvalue weighted by Crippen LogP contribution is -2.44. The number of amides is 1. The Morgan fingerprint density at radius 1 is 1.29 bits per heavy atom. The minimum atomic E-state index is 0.124. The highest BCUT2D eigenvalue weighted by atomic mass is 16.1. The molecule has 3 aliphatic rings. The Balaban J connectivity index is 1.94. The number of rotatable bonds is 2. The molecule has 3 fully saturated rings. The van der Waals surface area contributed by atoms with Gasteiger partial charge in [0.15, 0.2) is 0 Å². The van der Waals surface area contributed by atoms with Gasteiger partial charge >= 0.3 is 0 Å². The summed E-state index contributed by atoms with van der Waals surface area (Å²) in [5.74, 6) is 2.73. The van der Waals surface area contributed by atoms with Crippen molar-refractivity contribution in [3.05, 3.63) is 0 Å². The first kappa shape index (κ1) is 10.0. The molecule has 0 aromatic carbocycles. The fourth-order valence-corrected chi connectivity index (χ4v) is 3.47. The maximum Gasteiger partial charge on any atom is 0.217 e. The molecule has 2 nitrogen and oxygen atoms in total. The van der Waals surface area contributed by atoms with Crippen LogP contribution in [0, 0.1) is 17.8 Å². The molecule has 14 heavy (non-hydrogen) atoms. The summed E-state index contributed by atoms with van der Waals surface area (Å²) in [6, 6.07) is 0.389. The SMILES string of the molecule is CC(=O)NC(C)C1CC2CCC1CC2. The van der Waals surface area contributed by atoms with Crippen LogP contribution in [-0.4, -0.2) is 11.9 Å². The molecular formula is C12H21NO. The van der Waals surface area contributed by atoms with E-state index in [1.807, 2.05) is 0 Å². The monoisotopic (exact) mass is 195 g/mol. The summed E-state index contributed by atoms with van der Waals surface area (Å²) >= 11 is 0. The Hall–Kier alpha value is -0.530. The Bertz CT molecular complexity index is 218. The van der Waals surface area contributed by atoms with E-state index in [-0.39, 0.29) is 5.91 Å². The molecule has 2 bridgehead atoms. The van der Waals surface area contributed by atoms with Gasteiger partial charge in [-0.05, 0) is 43.9 Å². The molecule has 2 unspecified atom stereocenters. The molecule has 0 spiro atoms. The van der Waals surface area contributed by atoms with Crippen LogP contribution in [-0.2, 0) is 4.79 Å². The van der Waals surface area contributed by atoms with E-state index in [1.54, 1.807) is 6.92 Å². The third kappa shape index (κ3) is 1.94. The van der Waals surface area contributed by atoms with Crippen LogP contribution in [0.2, 0.25) is 0 Å². The zero-order chi connectivity index (χ0) is 10.1. The van der Waals surface area contributed by atoms with Crippen LogP contribution in [0.25, 0.3) is 0 Å². The Morgan fingerprint density at radius 2 is 1.93 bits per heavy atom. The molecule has 1 amide bonds. The van der Waals surface area contributed by atoms with Gasteiger partial charge in [0.1, 0.15) is 0 Å². The van der Waals surface area contributed by atoms with Crippen LogP contribution in [0.3, 0.4) is 0 Å². The molecule has 1 N–H and O–H groups in total. The highest BCUT2D eigenvalue weighted by Crippen LogP contribution is 2.46. The lowest BCUT2D eigenvalue weighted by Gasteiger charge is -2.45. The van der Waals surface area contributed by atoms with Crippen molar-refractivity contribution >= 4 is 5.91 Å². The predicted molar refractivity (Wildman–Crippen MR) is 56.8 cm³/mol. The predicted octanol–water partition coefficient (Wildman–Crippen LogP) is 2.34. The summed E-state index contributed by atoms with van der Waals surface area (Å²) < 4.78 is 0. The largest absolute Gasteiger partial charge is 0.354 e. The van der Waals surface area contributed by atoms with Crippen molar-refractivity contribution in [2.24, 2.45) is 17.8 Å². The van der Waals surface area contributed by atoms with Crippen LogP contribution in [0.1, 0.15) is 46.0 Å². The topological polar surface area (TPSA) is 29.1 Å². The Labute approximate surface area is 86.5 Å². The van der Waals surface area contributed by atoms with E-state index in [2.05, 4.69) is 12.2 Å². The van der Waals surface area contributed by atoms with Crippen molar-refractivity contribution in [2.45, 2.75) is 52.0 Å². The third-order valence-electron chi connectivity index (χ3n) is 4.18. The lowest BCUT2D eigenvalue weighted by molar-refractivity contribution is -0.120. The van der Waals surface area contributed by atoms with Crippen molar-refractivity contribution < 1.29 is 4.79 Å². The smallest absolute Gasteiger partial charge is 0.217 e. The molecule has 0 aromatic rings. The van der Waals surface area contributed by atoms with Gasteiger partial charge in [-0.1, -0.05) is 12.8 Å². The van der Waals surface area contributed by atoms with Gasteiger partial charge in [-0.25, -0.2) is 0 Å². The van der Waals surface area contributed by atoms with Gasteiger partial charge in [0, 0.05) is 13.0 Å². The van der Waals surface area contributed by atoms with E-state index in [9.17, 15) is 4.79 Å². The highest BCUT2D eigenvalue weighted by Gasteiger charge is 2.38. The minimum absolute atomic E-state index is 0.124. The molecule has 3 rings (SSSR count). The summed E-state index contributed by atoms with van der Waals surface area (Å²) in [5, 5.41) is 3.06. The first-order valence-electron chi connectivity index (χ1n) is 5.94. The molecule has 3 aliphatic carbocycles. The zero-order valence-electron chi connectivity index (χ0n) is 9.25. The second-order valence-corrected chi connectivity index (χ2v) is 5.17. The first-order chi connectivity index (χ1) is 6.66. The molecule has 0 heterocycles. The fourth-order valence-electron chi connectivity index (χ4n) is 3.47. The molecule has 3 saturated carbocycles. The number of carbonyl (C=O) groups is 1. The number of fused-ring (bicyclic) bond motifs is 3. The van der Waals surface area contributed by atoms with Gasteiger partial charge in [0.25, 0.3) is 0 Å². The van der Waals surface area contributed by atoms with E-state index >= 15 is 0 Å². The van der Waals surface area contributed by atoms with E-state index in [0.29, 0.717) is 6.04 Å². The summed E-state index contributed by atoms with van der Waals surface area (Å²) in [6.45, 7) is 3.80. The Kier molecular flexibility index (Phi) is 2.80. The molecule has 0 saturated heterocycles. The van der Waals surface area contributed by atoms with Gasteiger partial charge < -0.3 is 5.32 Å². The van der Waals surface area contributed by atoms with Gasteiger partial charge in [-0.2, -0.15) is 0 Å². The highest BCUT2D eigenvalue weighted by molar-refractivity contribution is 5.73. The lowest BCUT2D eigenvalue weighted by atomic mass is 9.63. The van der Waals surface area contributed by atoms with Crippen molar-refractivity contribution in [3.8, 4) is 0 Å². The molecular weight excluding hydrogens is 174 g/mol. The van der Waals surface area contributed by atoms with E-state index in [0.717, 1.165) is 17.8 Å². The van der Waals surface area contributed by atoms with Gasteiger partial charge in [0.2, 0.25) is 5.91 Å². The average molecular weight is 195 g/mol. The van der Waals surface area contributed by atoms with E-state index < -0.39 is 0 Å². The maximum absolute atomic E-state index is 11.0. The van der Waals surface area contributed by atoms with Crippen LogP contribution in [0.15, 0.2) is 0 Å². The third-order valence-corrected chi connectivity index (χ3v) is 4.18. The summed E-state index contributed by atoms with van der Waals surface area (Å²) in [4.78, 5) is 11.0. The van der Waals surface area contributed by atoms with Gasteiger partial charge in [0.05, 0.1) is 0 Å². The average Bonchev–Trinajstić information content (AvgIpc) is 2.18. The molecule has 80 valence electrons. The number of carbonyl (C=O) groups excluding carboxylic acids is 1. The molecule has 0 aromatic heterocycles. The summed E-state index contributed by atoms with van der Waals surface area (Å²) in [6.07, 6.45) is 7.03. The minimum Gasteiger partial charge on any atom is -0.354 e. The fraction of sp³-hybridized carbons (Fsp3) is 0.917. The number of nitrogens with one attached hydrogen (secondary N) is 1. The van der Waals surface area contributed by atoms with Crippen molar-refractivity contribution in [2.75, 3.05) is 0 Å². The molecule has 0 radical (unpaired) electrons. The summed E-state index contributed by atoms with van der Waals surface area (Å²) in [5.41, 5.74) is 0. The normalized spacial score (nSPS) is 38.0. The maximum atomic E-state index is 11.0. The van der Waals surface area contributed by atoms with Crippen LogP contribution < -0.4 is 5.32 Å².